The van der Waals surface area contributed by atoms with Crippen LogP contribution in [0.4, 0.5) is 0 Å². The molecule has 0 spiro atoms. The number of nitrogens with zero attached hydrogens (tertiary/aromatic N) is 2. The van der Waals surface area contributed by atoms with Gasteiger partial charge in [-0.25, -0.2) is 0 Å². The van der Waals surface area contributed by atoms with Gasteiger partial charge in [0.25, 0.3) is 0 Å². The maximum atomic E-state index is 5.72. The molecule has 0 fully saturated rings. The summed E-state index contributed by atoms with van der Waals surface area (Å²) in [6.45, 7) is 11.7. The van der Waals surface area contributed by atoms with Gasteiger partial charge < -0.3 is 20.3 Å². The molecule has 0 aliphatic heterocycles. The molecule has 0 saturated heterocycles. The van der Waals surface area contributed by atoms with E-state index in [1.807, 2.05) is 6.92 Å². The van der Waals surface area contributed by atoms with Crippen LogP contribution in [0.2, 0.25) is 0 Å². The first-order chi connectivity index (χ1) is 11.0. The topological polar surface area (TPSA) is 48.9 Å². The third-order valence-electron chi connectivity index (χ3n) is 3.83. The number of aryl methyl sites for hydroxylation is 1. The first kappa shape index (κ1) is 23.0. The zero-order valence-corrected chi connectivity index (χ0v) is 18.2. The summed E-state index contributed by atoms with van der Waals surface area (Å²) in [4.78, 5) is 6.57. The summed E-state index contributed by atoms with van der Waals surface area (Å²) in [5.41, 5.74) is 2.34. The summed E-state index contributed by atoms with van der Waals surface area (Å²) in [6, 6.07) is 6.84. The quantitative estimate of drug-likeness (QED) is 0.365. The lowest BCUT2D eigenvalue weighted by atomic mass is 10.1. The summed E-state index contributed by atoms with van der Waals surface area (Å²) in [6.07, 6.45) is 0. The van der Waals surface area contributed by atoms with E-state index in [4.69, 9.17) is 4.74 Å². The van der Waals surface area contributed by atoms with E-state index < -0.39 is 0 Å². The standard InChI is InChI=1S/C18H32N4O.HI/c1-7-23-17-12-15(4)8-9-16(17)13-21-18(19-5)20-10-11-22(6)14(2)3;/h8-9,12,14H,7,10-11,13H2,1-6H3,(H2,19,20,21);1H. The molecule has 2 N–H and O–H groups in total. The first-order valence-corrected chi connectivity index (χ1v) is 8.35. The van der Waals surface area contributed by atoms with Crippen LogP contribution in [-0.2, 0) is 6.54 Å². The van der Waals surface area contributed by atoms with Crippen LogP contribution in [0.25, 0.3) is 0 Å². The molecule has 1 aromatic rings. The van der Waals surface area contributed by atoms with Crippen LogP contribution >= 0.6 is 24.0 Å². The molecule has 0 bridgehead atoms. The molecular formula is C18H33IN4O. The number of benzene rings is 1. The van der Waals surface area contributed by atoms with E-state index in [2.05, 4.69) is 66.5 Å². The molecule has 5 nitrogen and oxygen atoms in total. The van der Waals surface area contributed by atoms with Crippen LogP contribution in [0.15, 0.2) is 23.2 Å². The molecule has 0 saturated carbocycles. The molecular weight excluding hydrogens is 415 g/mol. The van der Waals surface area contributed by atoms with Gasteiger partial charge in [0.1, 0.15) is 5.75 Å². The third-order valence-corrected chi connectivity index (χ3v) is 3.83. The highest BCUT2D eigenvalue weighted by Gasteiger charge is 2.06. The van der Waals surface area contributed by atoms with Gasteiger partial charge in [-0.1, -0.05) is 12.1 Å². The van der Waals surface area contributed by atoms with Crippen LogP contribution in [-0.4, -0.2) is 50.7 Å². The zero-order chi connectivity index (χ0) is 17.2. The molecule has 0 atom stereocenters. The van der Waals surface area contributed by atoms with Gasteiger partial charge in [0, 0.05) is 38.3 Å². The van der Waals surface area contributed by atoms with Gasteiger partial charge in [-0.15, -0.1) is 24.0 Å². The minimum atomic E-state index is 0. The summed E-state index contributed by atoms with van der Waals surface area (Å²) in [5.74, 6) is 1.75. The molecule has 0 aliphatic rings. The van der Waals surface area contributed by atoms with Crippen LogP contribution in [0.5, 0.6) is 5.75 Å². The van der Waals surface area contributed by atoms with E-state index in [-0.39, 0.29) is 24.0 Å². The number of rotatable bonds is 8. The van der Waals surface area contributed by atoms with Gasteiger partial charge in [-0.3, -0.25) is 4.99 Å². The predicted octanol–water partition coefficient (Wildman–Crippen LogP) is 3.02. The molecule has 6 heteroatoms. The van der Waals surface area contributed by atoms with Gasteiger partial charge in [0.05, 0.1) is 6.61 Å². The number of guanidine groups is 1. The maximum absolute atomic E-state index is 5.72. The van der Waals surface area contributed by atoms with Gasteiger partial charge >= 0.3 is 0 Å². The highest BCUT2D eigenvalue weighted by atomic mass is 127. The second-order valence-corrected chi connectivity index (χ2v) is 5.97. The lowest BCUT2D eigenvalue weighted by molar-refractivity contribution is 0.278. The smallest absolute Gasteiger partial charge is 0.191 e. The van der Waals surface area contributed by atoms with Crippen molar-refractivity contribution in [3.8, 4) is 5.75 Å². The number of aliphatic imine (C=N–C) groups is 1. The van der Waals surface area contributed by atoms with E-state index >= 15 is 0 Å². The van der Waals surface area contributed by atoms with Crippen molar-refractivity contribution in [2.75, 3.05) is 33.8 Å². The fraction of sp³-hybridized carbons (Fsp3) is 0.611. The Morgan fingerprint density at radius 3 is 2.58 bits per heavy atom. The molecule has 0 radical (unpaired) electrons. The minimum Gasteiger partial charge on any atom is -0.494 e. The van der Waals surface area contributed by atoms with Crippen molar-refractivity contribution in [2.24, 2.45) is 4.99 Å². The number of hydrogen-bond acceptors (Lipinski definition) is 3. The Kier molecular flexibility index (Phi) is 11.8. The first-order valence-electron chi connectivity index (χ1n) is 8.35. The van der Waals surface area contributed by atoms with E-state index in [1.54, 1.807) is 7.05 Å². The fourth-order valence-electron chi connectivity index (χ4n) is 2.11. The van der Waals surface area contributed by atoms with Crippen molar-refractivity contribution in [1.29, 1.82) is 0 Å². The molecule has 138 valence electrons. The van der Waals surface area contributed by atoms with Gasteiger partial charge in [-0.05, 0) is 46.4 Å². The average Bonchev–Trinajstić information content (AvgIpc) is 2.52. The molecule has 0 amide bonds. The van der Waals surface area contributed by atoms with E-state index in [0.717, 1.165) is 30.4 Å². The number of halogens is 1. The molecule has 0 unspecified atom stereocenters. The van der Waals surface area contributed by atoms with Gasteiger partial charge in [-0.2, -0.15) is 0 Å². The largest absolute Gasteiger partial charge is 0.494 e. The number of likely N-dealkylation sites (N-methyl/N-ethyl adjacent to an activating group) is 1. The van der Waals surface area contributed by atoms with E-state index in [1.165, 1.54) is 5.56 Å². The molecule has 1 aromatic carbocycles. The zero-order valence-electron chi connectivity index (χ0n) is 15.8. The Morgan fingerprint density at radius 2 is 2.00 bits per heavy atom. The SMILES string of the molecule is CCOc1cc(C)ccc1CNC(=NC)NCCN(C)C(C)C.I. The molecule has 24 heavy (non-hydrogen) atoms. The number of nitrogens with one attached hydrogen (secondary N) is 2. The Hall–Kier alpha value is -1.02. The summed E-state index contributed by atoms with van der Waals surface area (Å²) >= 11 is 0. The van der Waals surface area contributed by atoms with Crippen LogP contribution in [0.3, 0.4) is 0 Å². The maximum Gasteiger partial charge on any atom is 0.191 e. The Morgan fingerprint density at radius 1 is 1.29 bits per heavy atom. The van der Waals surface area contributed by atoms with Gasteiger partial charge in [0.2, 0.25) is 0 Å². The predicted molar refractivity (Wildman–Crippen MR) is 114 cm³/mol. The molecule has 0 aromatic heterocycles. The highest BCUT2D eigenvalue weighted by Crippen LogP contribution is 2.20. The Balaban J connectivity index is 0.00000529. The van der Waals surface area contributed by atoms with Crippen molar-refractivity contribution in [2.45, 2.75) is 40.3 Å². The normalized spacial score (nSPS) is 11.4. The Labute approximate surface area is 164 Å². The summed E-state index contributed by atoms with van der Waals surface area (Å²) in [5, 5.41) is 6.69. The minimum absolute atomic E-state index is 0. The third kappa shape index (κ3) is 8.19. The second kappa shape index (κ2) is 12.4. The monoisotopic (exact) mass is 448 g/mol. The van der Waals surface area contributed by atoms with Crippen molar-refractivity contribution in [1.82, 2.24) is 15.5 Å². The lowest BCUT2D eigenvalue weighted by Gasteiger charge is -2.21. The Bertz CT molecular complexity index is 506. The van der Waals surface area contributed by atoms with Crippen molar-refractivity contribution in [3.63, 3.8) is 0 Å². The van der Waals surface area contributed by atoms with Crippen LogP contribution in [0.1, 0.15) is 31.9 Å². The fourth-order valence-corrected chi connectivity index (χ4v) is 2.11. The van der Waals surface area contributed by atoms with Crippen molar-refractivity contribution < 1.29 is 4.74 Å². The summed E-state index contributed by atoms with van der Waals surface area (Å²) < 4.78 is 5.72. The van der Waals surface area contributed by atoms with E-state index in [9.17, 15) is 0 Å². The number of ether oxygens (including phenoxy) is 1. The van der Waals surface area contributed by atoms with Crippen LogP contribution < -0.4 is 15.4 Å². The lowest BCUT2D eigenvalue weighted by Crippen LogP contribution is -2.41. The summed E-state index contributed by atoms with van der Waals surface area (Å²) in [7, 11) is 3.92. The van der Waals surface area contributed by atoms with Gasteiger partial charge in [0.15, 0.2) is 5.96 Å². The number of hydrogen-bond donors (Lipinski definition) is 2. The highest BCUT2D eigenvalue weighted by molar-refractivity contribution is 14.0. The molecule has 0 heterocycles. The molecule has 1 rings (SSSR count). The van der Waals surface area contributed by atoms with Crippen molar-refractivity contribution in [3.05, 3.63) is 29.3 Å². The van der Waals surface area contributed by atoms with Crippen molar-refractivity contribution >= 4 is 29.9 Å². The average molecular weight is 448 g/mol. The van der Waals surface area contributed by atoms with E-state index in [0.29, 0.717) is 19.2 Å². The van der Waals surface area contributed by atoms with Crippen LogP contribution in [0, 0.1) is 6.92 Å². The molecule has 0 aliphatic carbocycles. The second-order valence-electron chi connectivity index (χ2n) is 5.97.